The van der Waals surface area contributed by atoms with E-state index in [1.165, 1.54) is 11.3 Å². The van der Waals surface area contributed by atoms with Crippen molar-refractivity contribution < 1.29 is 4.79 Å². The van der Waals surface area contributed by atoms with Gasteiger partial charge in [0, 0.05) is 29.6 Å². The number of nitrogens with zero attached hydrogens (tertiary/aromatic N) is 3. The van der Waals surface area contributed by atoms with Gasteiger partial charge in [-0.25, -0.2) is 4.98 Å². The van der Waals surface area contributed by atoms with Crippen LogP contribution < -0.4 is 0 Å². The van der Waals surface area contributed by atoms with Crippen molar-refractivity contribution in [3.63, 3.8) is 0 Å². The number of allylic oxidation sites excluding steroid dienone is 2. The number of fused-ring (bicyclic) bond motifs is 3. The maximum Gasteiger partial charge on any atom is 0.176 e. The Labute approximate surface area is 173 Å². The van der Waals surface area contributed by atoms with Gasteiger partial charge < -0.3 is 4.57 Å². The van der Waals surface area contributed by atoms with Crippen LogP contribution in [0.3, 0.4) is 0 Å². The lowest BCUT2D eigenvalue weighted by Gasteiger charge is -2.53. The molecule has 0 aliphatic heterocycles. The number of Topliss-reactive ketones (excluding diaryl/α,β-unsaturated/α-hetero) is 1. The fourth-order valence-corrected chi connectivity index (χ4v) is 5.29. The summed E-state index contributed by atoms with van der Waals surface area (Å²) in [7, 11) is 2.08. The molecule has 2 aliphatic rings. The monoisotopic (exact) mass is 387 g/mol. The van der Waals surface area contributed by atoms with Crippen molar-refractivity contribution in [1.82, 2.24) is 9.55 Å². The molecule has 0 amide bonds. The van der Waals surface area contributed by atoms with Crippen LogP contribution in [0.5, 0.6) is 0 Å². The van der Waals surface area contributed by atoms with Gasteiger partial charge >= 0.3 is 0 Å². The molecule has 2 aromatic rings. The highest BCUT2D eigenvalue weighted by molar-refractivity contribution is 6.02. The minimum atomic E-state index is -0.438. The first-order chi connectivity index (χ1) is 13.6. The summed E-state index contributed by atoms with van der Waals surface area (Å²) in [5, 5.41) is 9.56. The zero-order valence-corrected chi connectivity index (χ0v) is 18.2. The Morgan fingerprint density at radius 2 is 1.90 bits per heavy atom. The Morgan fingerprint density at radius 1 is 1.24 bits per heavy atom. The maximum absolute atomic E-state index is 12.7. The highest BCUT2D eigenvalue weighted by Gasteiger charge is 2.57. The van der Waals surface area contributed by atoms with Gasteiger partial charge in [0.25, 0.3) is 0 Å². The number of benzene rings is 1. The summed E-state index contributed by atoms with van der Waals surface area (Å²) in [5.74, 6) is 1.22. The number of hydrogen-bond donors (Lipinski definition) is 0. The lowest BCUT2D eigenvalue weighted by molar-refractivity contribution is -0.125. The average Bonchev–Trinajstić information content (AvgIpc) is 3.05. The number of imidazole rings is 1. The molecule has 150 valence electrons. The highest BCUT2D eigenvalue weighted by atomic mass is 16.1. The number of nitriles is 1. The highest BCUT2D eigenvalue weighted by Crippen LogP contribution is 2.58. The molecular weight excluding hydrogens is 358 g/mol. The molecule has 1 aromatic heterocycles. The van der Waals surface area contributed by atoms with E-state index < -0.39 is 5.41 Å². The van der Waals surface area contributed by atoms with E-state index >= 15 is 0 Å². The van der Waals surface area contributed by atoms with Crippen LogP contribution in [0.1, 0.15) is 63.9 Å². The molecule has 4 nitrogen and oxygen atoms in total. The summed E-state index contributed by atoms with van der Waals surface area (Å²) >= 11 is 0. The summed E-state index contributed by atoms with van der Waals surface area (Å²) in [5.41, 5.74) is 4.23. The molecule has 0 spiro atoms. The Bertz CT molecular complexity index is 1070. The summed E-state index contributed by atoms with van der Waals surface area (Å²) < 4.78 is 2.20. The molecule has 0 N–H and O–H groups in total. The fraction of sp³-hybridized carbons (Fsp3) is 0.480. The van der Waals surface area contributed by atoms with E-state index in [4.69, 9.17) is 4.98 Å². The molecule has 1 aromatic carbocycles. The SMILES string of the molecule is CC(C)c1ccc(-c2nc3c(n2C)CC[C@]2(C)[C@@H](C)C(=O)C(C#N)=C[C@@]32C)cc1. The van der Waals surface area contributed by atoms with E-state index in [1.807, 2.05) is 13.0 Å². The Kier molecular flexibility index (Phi) is 4.35. The normalized spacial score (nSPS) is 28.6. The number of aromatic nitrogens is 2. The smallest absolute Gasteiger partial charge is 0.176 e. The molecular formula is C25H29N3O. The van der Waals surface area contributed by atoms with E-state index in [0.29, 0.717) is 5.92 Å². The molecule has 1 heterocycles. The molecule has 4 rings (SSSR count). The second-order valence-electron chi connectivity index (χ2n) is 9.44. The summed E-state index contributed by atoms with van der Waals surface area (Å²) in [6.45, 7) is 10.7. The molecule has 3 atom stereocenters. The predicted molar refractivity (Wildman–Crippen MR) is 114 cm³/mol. The molecule has 0 saturated carbocycles. The van der Waals surface area contributed by atoms with Crippen LogP contribution in [-0.4, -0.2) is 15.3 Å². The number of carbonyl (C=O) groups excluding carboxylic acids is 1. The van der Waals surface area contributed by atoms with Crippen LogP contribution in [0.25, 0.3) is 11.4 Å². The van der Waals surface area contributed by atoms with Gasteiger partial charge in [0.05, 0.1) is 11.3 Å². The zero-order chi connectivity index (χ0) is 21.1. The Hall–Kier alpha value is -2.67. The van der Waals surface area contributed by atoms with Crippen molar-refractivity contribution in [3.8, 4) is 17.5 Å². The zero-order valence-electron chi connectivity index (χ0n) is 18.2. The molecule has 0 saturated heterocycles. The third kappa shape index (κ3) is 2.56. The molecule has 2 aliphatic carbocycles. The van der Waals surface area contributed by atoms with E-state index in [-0.39, 0.29) is 22.7 Å². The standard InChI is InChI=1S/C25H29N3O/c1-15(2)17-7-9-18(10-8-17)23-27-22-20(28(23)6)11-12-24(4)16(3)21(29)19(14-26)13-25(22,24)5/h7-10,13,15-16H,11-12H2,1-6H3/t16-,24+,25-/m0/s1. The second kappa shape index (κ2) is 6.42. The third-order valence-electron chi connectivity index (χ3n) is 7.78. The van der Waals surface area contributed by atoms with Crippen molar-refractivity contribution in [2.75, 3.05) is 0 Å². The fourth-order valence-electron chi connectivity index (χ4n) is 5.29. The van der Waals surface area contributed by atoms with Gasteiger partial charge in [0.1, 0.15) is 11.9 Å². The van der Waals surface area contributed by atoms with Gasteiger partial charge in [-0.15, -0.1) is 0 Å². The van der Waals surface area contributed by atoms with Gasteiger partial charge in [-0.2, -0.15) is 5.26 Å². The van der Waals surface area contributed by atoms with Gasteiger partial charge in [0.15, 0.2) is 5.78 Å². The summed E-state index contributed by atoms with van der Waals surface area (Å²) in [6.07, 6.45) is 3.69. The third-order valence-corrected chi connectivity index (χ3v) is 7.78. The van der Waals surface area contributed by atoms with Crippen molar-refractivity contribution >= 4 is 5.78 Å². The summed E-state index contributed by atoms with van der Waals surface area (Å²) in [4.78, 5) is 17.9. The lowest BCUT2D eigenvalue weighted by Crippen LogP contribution is -2.53. The number of ketones is 1. The van der Waals surface area contributed by atoms with Crippen molar-refractivity contribution in [2.24, 2.45) is 18.4 Å². The van der Waals surface area contributed by atoms with E-state index in [0.717, 1.165) is 29.9 Å². The topological polar surface area (TPSA) is 58.7 Å². The van der Waals surface area contributed by atoms with E-state index in [1.54, 1.807) is 0 Å². The number of carbonyl (C=O) groups is 1. The Balaban J connectivity index is 1.89. The largest absolute Gasteiger partial charge is 0.331 e. The van der Waals surface area contributed by atoms with Crippen molar-refractivity contribution in [1.29, 1.82) is 5.26 Å². The first kappa shape index (κ1) is 19.6. The Morgan fingerprint density at radius 3 is 2.48 bits per heavy atom. The molecule has 0 unspecified atom stereocenters. The van der Waals surface area contributed by atoms with Crippen molar-refractivity contribution in [2.45, 2.75) is 58.8 Å². The maximum atomic E-state index is 12.7. The minimum absolute atomic E-state index is 0.0312. The first-order valence-corrected chi connectivity index (χ1v) is 10.5. The minimum Gasteiger partial charge on any atom is -0.331 e. The average molecular weight is 388 g/mol. The molecule has 0 radical (unpaired) electrons. The van der Waals surface area contributed by atoms with E-state index in [2.05, 4.69) is 69.6 Å². The number of hydrogen-bond acceptors (Lipinski definition) is 3. The van der Waals surface area contributed by atoms with Crippen LogP contribution in [0.2, 0.25) is 0 Å². The lowest BCUT2D eigenvalue weighted by atomic mass is 9.49. The van der Waals surface area contributed by atoms with Crippen LogP contribution in [0.4, 0.5) is 0 Å². The summed E-state index contributed by atoms with van der Waals surface area (Å²) in [6, 6.07) is 10.8. The predicted octanol–water partition coefficient (Wildman–Crippen LogP) is 5.09. The van der Waals surface area contributed by atoms with E-state index in [9.17, 15) is 10.1 Å². The van der Waals surface area contributed by atoms with Crippen LogP contribution in [-0.2, 0) is 23.7 Å². The first-order valence-electron chi connectivity index (χ1n) is 10.5. The van der Waals surface area contributed by atoms with Crippen LogP contribution in [0, 0.1) is 22.7 Å². The van der Waals surface area contributed by atoms with Gasteiger partial charge in [-0.3, -0.25) is 4.79 Å². The molecule has 4 heteroatoms. The van der Waals surface area contributed by atoms with Crippen LogP contribution >= 0.6 is 0 Å². The van der Waals surface area contributed by atoms with Gasteiger partial charge in [0.2, 0.25) is 0 Å². The van der Waals surface area contributed by atoms with Gasteiger partial charge in [-0.1, -0.05) is 58.0 Å². The van der Waals surface area contributed by atoms with Crippen LogP contribution in [0.15, 0.2) is 35.9 Å². The number of rotatable bonds is 2. The second-order valence-corrected chi connectivity index (χ2v) is 9.44. The van der Waals surface area contributed by atoms with Gasteiger partial charge in [-0.05, 0) is 36.7 Å². The molecule has 0 fully saturated rings. The quantitative estimate of drug-likeness (QED) is 0.721. The van der Waals surface area contributed by atoms with Crippen molar-refractivity contribution in [3.05, 3.63) is 52.9 Å². The molecule has 0 bridgehead atoms. The molecule has 29 heavy (non-hydrogen) atoms.